The molecule has 1 aromatic heterocycles. The quantitative estimate of drug-likeness (QED) is 0.580. The zero-order chi connectivity index (χ0) is 21.4. The fraction of sp³-hybridized carbons (Fsp3) is 0.0952. The van der Waals surface area contributed by atoms with E-state index in [4.69, 9.17) is 11.6 Å². The molecule has 1 aliphatic rings. The number of carboxylic acid groups (broad SMARTS) is 1. The van der Waals surface area contributed by atoms with Crippen molar-refractivity contribution in [2.24, 2.45) is 0 Å². The number of hydrogen-bond acceptors (Lipinski definition) is 4. The largest absolute Gasteiger partial charge is 0.477 e. The van der Waals surface area contributed by atoms with Gasteiger partial charge >= 0.3 is 5.97 Å². The number of anilines is 2. The Kier molecular flexibility index (Phi) is 5.01. The first-order chi connectivity index (χ1) is 14.3. The first-order valence-electron chi connectivity index (χ1n) is 8.96. The molecule has 1 atom stereocenters. The number of nitrogens with one attached hydrogen (secondary N) is 2. The van der Waals surface area contributed by atoms with Gasteiger partial charge in [-0.1, -0.05) is 35.9 Å². The van der Waals surface area contributed by atoms with E-state index in [2.05, 4.69) is 15.7 Å². The number of fused-ring (bicyclic) bond motifs is 1. The molecule has 3 N–H and O–H groups in total. The van der Waals surface area contributed by atoms with Gasteiger partial charge in [0.15, 0.2) is 0 Å². The molecule has 0 spiro atoms. The summed E-state index contributed by atoms with van der Waals surface area (Å²) in [5.41, 5.74) is 1.51. The second-order valence-electron chi connectivity index (χ2n) is 6.75. The van der Waals surface area contributed by atoms with Gasteiger partial charge in [0.1, 0.15) is 28.9 Å². The van der Waals surface area contributed by atoms with Crippen LogP contribution in [-0.4, -0.2) is 26.8 Å². The molecule has 1 amide bonds. The van der Waals surface area contributed by atoms with E-state index in [1.807, 2.05) is 6.92 Å². The van der Waals surface area contributed by atoms with Crippen LogP contribution in [0.5, 0.6) is 0 Å². The molecule has 30 heavy (non-hydrogen) atoms. The molecule has 1 aliphatic heterocycles. The van der Waals surface area contributed by atoms with Gasteiger partial charge in [-0.05, 0) is 36.8 Å². The van der Waals surface area contributed by atoms with Crippen molar-refractivity contribution in [2.75, 3.05) is 10.6 Å². The molecule has 0 fully saturated rings. The molecule has 0 bridgehead atoms. The average Bonchev–Trinajstić information content (AvgIpc) is 3.15. The maximum atomic E-state index is 14.4. The molecule has 0 radical (unpaired) electrons. The SMILES string of the molecule is Cc1ccc(NC(=O)c2cnn3c2NC(C(=O)O)=C[C@@H]3c2ccccc2F)cc1Cl. The third-order valence-electron chi connectivity index (χ3n) is 4.77. The first-order valence-corrected chi connectivity index (χ1v) is 9.34. The number of aryl methyl sites for hydroxylation is 1. The number of carbonyl (C=O) groups is 2. The fourth-order valence-electron chi connectivity index (χ4n) is 3.19. The van der Waals surface area contributed by atoms with Gasteiger partial charge in [0.05, 0.1) is 6.20 Å². The van der Waals surface area contributed by atoms with E-state index in [1.54, 1.807) is 30.3 Å². The van der Waals surface area contributed by atoms with E-state index in [1.165, 1.54) is 29.1 Å². The molecular formula is C21H16ClFN4O3. The number of hydrogen-bond donors (Lipinski definition) is 3. The number of rotatable bonds is 4. The second-order valence-corrected chi connectivity index (χ2v) is 7.15. The van der Waals surface area contributed by atoms with Gasteiger partial charge in [0, 0.05) is 16.3 Å². The van der Waals surface area contributed by atoms with Crippen molar-refractivity contribution < 1.29 is 19.1 Å². The highest BCUT2D eigenvalue weighted by atomic mass is 35.5. The molecule has 0 aliphatic carbocycles. The van der Waals surface area contributed by atoms with Crippen LogP contribution in [0.15, 0.2) is 60.4 Å². The summed E-state index contributed by atoms with van der Waals surface area (Å²) in [6.07, 6.45) is 2.65. The van der Waals surface area contributed by atoms with Crippen molar-refractivity contribution >= 4 is 35.0 Å². The van der Waals surface area contributed by atoms with E-state index in [9.17, 15) is 19.1 Å². The van der Waals surface area contributed by atoms with Crippen molar-refractivity contribution in [1.82, 2.24) is 9.78 Å². The Balaban J connectivity index is 1.73. The van der Waals surface area contributed by atoms with E-state index in [0.717, 1.165) is 5.56 Å². The Bertz CT molecular complexity index is 1200. The number of allylic oxidation sites excluding steroid dienone is 1. The molecule has 4 rings (SSSR count). The van der Waals surface area contributed by atoms with Crippen LogP contribution in [0, 0.1) is 12.7 Å². The summed E-state index contributed by atoms with van der Waals surface area (Å²) in [6.45, 7) is 1.84. The molecule has 0 saturated heterocycles. The van der Waals surface area contributed by atoms with Gasteiger partial charge in [-0.25, -0.2) is 13.9 Å². The number of halogens is 2. The molecule has 2 aromatic carbocycles. The topological polar surface area (TPSA) is 96.3 Å². The average molecular weight is 427 g/mol. The van der Waals surface area contributed by atoms with Crippen LogP contribution in [0.1, 0.15) is 27.5 Å². The zero-order valence-electron chi connectivity index (χ0n) is 15.7. The predicted octanol–water partition coefficient (Wildman–Crippen LogP) is 4.22. The monoisotopic (exact) mass is 426 g/mol. The zero-order valence-corrected chi connectivity index (χ0v) is 16.4. The van der Waals surface area contributed by atoms with Gasteiger partial charge < -0.3 is 15.7 Å². The minimum atomic E-state index is -1.24. The number of aromatic nitrogens is 2. The summed E-state index contributed by atoms with van der Waals surface area (Å²) in [5, 5.41) is 19.6. The smallest absolute Gasteiger partial charge is 0.352 e. The molecule has 2 heterocycles. The van der Waals surface area contributed by atoms with Crippen LogP contribution < -0.4 is 10.6 Å². The summed E-state index contributed by atoms with van der Waals surface area (Å²) in [6, 6.07) is 10.3. The summed E-state index contributed by atoms with van der Waals surface area (Å²) < 4.78 is 15.8. The fourth-order valence-corrected chi connectivity index (χ4v) is 3.37. The summed E-state index contributed by atoms with van der Waals surface area (Å²) >= 11 is 6.10. The number of carbonyl (C=O) groups excluding carboxylic acids is 1. The van der Waals surface area contributed by atoms with Crippen LogP contribution in [0.25, 0.3) is 0 Å². The van der Waals surface area contributed by atoms with E-state index < -0.39 is 23.7 Å². The second kappa shape index (κ2) is 7.64. The lowest BCUT2D eigenvalue weighted by atomic mass is 10.0. The standard InChI is InChI=1S/C21H16ClFN4O3/c1-11-6-7-12(8-15(11)22)25-20(28)14-10-24-27-18(13-4-2-3-5-16(13)23)9-17(21(29)30)26-19(14)27/h2-10,18,26H,1H3,(H,25,28)(H,29,30)/t18-/m1/s1. The van der Waals surface area contributed by atoms with Crippen molar-refractivity contribution in [3.8, 4) is 0 Å². The predicted molar refractivity (Wildman–Crippen MR) is 110 cm³/mol. The van der Waals surface area contributed by atoms with Gasteiger partial charge in [0.2, 0.25) is 0 Å². The molecule has 0 unspecified atom stereocenters. The van der Waals surface area contributed by atoms with Crippen molar-refractivity contribution in [1.29, 1.82) is 0 Å². The number of carboxylic acids is 1. The molecule has 3 aromatic rings. The number of aliphatic carboxylic acids is 1. The number of benzene rings is 2. The maximum Gasteiger partial charge on any atom is 0.352 e. The Morgan fingerprint density at radius 2 is 2.03 bits per heavy atom. The van der Waals surface area contributed by atoms with Gasteiger partial charge in [-0.15, -0.1) is 0 Å². The third kappa shape index (κ3) is 3.53. The summed E-state index contributed by atoms with van der Waals surface area (Å²) in [4.78, 5) is 24.5. The lowest BCUT2D eigenvalue weighted by Crippen LogP contribution is -2.26. The van der Waals surface area contributed by atoms with Crippen LogP contribution in [0.4, 0.5) is 15.9 Å². The third-order valence-corrected chi connectivity index (χ3v) is 5.17. The maximum absolute atomic E-state index is 14.4. The first kappa shape index (κ1) is 19.7. The number of amides is 1. The van der Waals surface area contributed by atoms with E-state index in [-0.39, 0.29) is 22.6 Å². The molecule has 7 nitrogen and oxygen atoms in total. The minimum absolute atomic E-state index is 0.111. The van der Waals surface area contributed by atoms with Crippen LogP contribution in [-0.2, 0) is 4.79 Å². The van der Waals surface area contributed by atoms with Crippen molar-refractivity contribution in [3.63, 3.8) is 0 Å². The Morgan fingerprint density at radius 3 is 2.73 bits per heavy atom. The highest BCUT2D eigenvalue weighted by molar-refractivity contribution is 6.31. The van der Waals surface area contributed by atoms with Crippen LogP contribution in [0.3, 0.4) is 0 Å². The number of nitrogens with zero attached hydrogens (tertiary/aromatic N) is 2. The lowest BCUT2D eigenvalue weighted by molar-refractivity contribution is -0.132. The van der Waals surface area contributed by atoms with Crippen LogP contribution in [0.2, 0.25) is 5.02 Å². The van der Waals surface area contributed by atoms with Gasteiger partial charge in [-0.3, -0.25) is 4.79 Å². The molecule has 9 heteroatoms. The normalized spacial score (nSPS) is 15.0. The van der Waals surface area contributed by atoms with Gasteiger partial charge in [0.25, 0.3) is 5.91 Å². The van der Waals surface area contributed by atoms with E-state index >= 15 is 0 Å². The Morgan fingerprint density at radius 1 is 1.27 bits per heavy atom. The minimum Gasteiger partial charge on any atom is -0.477 e. The van der Waals surface area contributed by atoms with Crippen molar-refractivity contribution in [3.05, 3.63) is 88.0 Å². The van der Waals surface area contributed by atoms with Crippen LogP contribution >= 0.6 is 11.6 Å². The summed E-state index contributed by atoms with van der Waals surface area (Å²) in [7, 11) is 0. The highest BCUT2D eigenvalue weighted by Crippen LogP contribution is 2.33. The molecule has 0 saturated carbocycles. The Labute approximate surface area is 175 Å². The van der Waals surface area contributed by atoms with Gasteiger partial charge in [-0.2, -0.15) is 5.10 Å². The van der Waals surface area contributed by atoms with Crippen molar-refractivity contribution in [2.45, 2.75) is 13.0 Å². The molecule has 152 valence electrons. The molecular weight excluding hydrogens is 411 g/mol. The Hall–Kier alpha value is -3.65. The summed E-state index contributed by atoms with van der Waals surface area (Å²) in [5.74, 6) is -2.10. The highest BCUT2D eigenvalue weighted by Gasteiger charge is 2.30. The lowest BCUT2D eigenvalue weighted by Gasteiger charge is -2.24. The van der Waals surface area contributed by atoms with E-state index in [0.29, 0.717) is 10.7 Å².